The highest BCUT2D eigenvalue weighted by Crippen LogP contribution is 2.44. The van der Waals surface area contributed by atoms with Gasteiger partial charge in [-0.25, -0.2) is 26.3 Å². The third-order valence-electron chi connectivity index (χ3n) is 9.66. The summed E-state index contributed by atoms with van der Waals surface area (Å²) in [5.74, 6) is -4.73. The molecule has 0 N–H and O–H groups in total. The zero-order chi connectivity index (χ0) is 30.7. The lowest BCUT2D eigenvalue weighted by molar-refractivity contribution is 0.368. The summed E-state index contributed by atoms with van der Waals surface area (Å²) in [6.07, 6.45) is 8.00. The maximum Gasteiger partial charge on any atom is 0.162 e. The molecule has 7 heteroatoms. The summed E-state index contributed by atoms with van der Waals surface area (Å²) in [6, 6.07) is 8.71. The number of benzene rings is 3. The molecule has 1 saturated carbocycles. The molecule has 0 amide bonds. The fourth-order valence-electron chi connectivity index (χ4n) is 7.15. The Morgan fingerprint density at radius 1 is 0.744 bits per heavy atom. The molecular weight excluding hydrogens is 560 g/mol. The van der Waals surface area contributed by atoms with Gasteiger partial charge in [0, 0.05) is 5.56 Å². The van der Waals surface area contributed by atoms with E-state index in [9.17, 15) is 17.6 Å². The third-order valence-corrected chi connectivity index (χ3v) is 9.66. The van der Waals surface area contributed by atoms with Crippen molar-refractivity contribution < 1.29 is 26.3 Å². The van der Waals surface area contributed by atoms with Crippen LogP contribution in [0.5, 0.6) is 0 Å². The summed E-state index contributed by atoms with van der Waals surface area (Å²) in [6.45, 7) is 2.06. The van der Waals surface area contributed by atoms with Crippen molar-refractivity contribution in [3.05, 3.63) is 104 Å². The summed E-state index contributed by atoms with van der Waals surface area (Å²) in [4.78, 5) is 0. The predicted octanol–water partition coefficient (Wildman–Crippen LogP) is 10.3. The Labute approximate surface area is 249 Å². The molecule has 3 aromatic rings. The van der Waals surface area contributed by atoms with Gasteiger partial charge in [-0.2, -0.15) is 5.26 Å². The van der Waals surface area contributed by atoms with E-state index in [1.54, 1.807) is 12.1 Å². The lowest BCUT2D eigenvalue weighted by atomic mass is 9.74. The number of hydrogen-bond acceptors (Lipinski definition) is 1. The van der Waals surface area contributed by atoms with Crippen LogP contribution >= 0.6 is 0 Å². The van der Waals surface area contributed by atoms with E-state index in [1.165, 1.54) is 24.3 Å². The van der Waals surface area contributed by atoms with Gasteiger partial charge in [-0.05, 0) is 134 Å². The maximum atomic E-state index is 15.8. The second-order valence-corrected chi connectivity index (χ2v) is 12.4. The van der Waals surface area contributed by atoms with E-state index in [0.29, 0.717) is 92.0 Å². The van der Waals surface area contributed by atoms with Crippen LogP contribution in [0, 0.1) is 52.2 Å². The number of fused-ring (bicyclic) bond motifs is 1. The first-order valence-corrected chi connectivity index (χ1v) is 15.6. The normalized spacial score (nSPS) is 20.1. The molecule has 0 spiro atoms. The Morgan fingerprint density at radius 2 is 1.37 bits per heavy atom. The van der Waals surface area contributed by atoms with E-state index in [4.69, 9.17) is 5.26 Å². The summed E-state index contributed by atoms with van der Waals surface area (Å²) >= 11 is 0. The third kappa shape index (κ3) is 6.64. The zero-order valence-corrected chi connectivity index (χ0v) is 24.5. The molecule has 3 aromatic carbocycles. The van der Waals surface area contributed by atoms with Gasteiger partial charge in [-0.1, -0.05) is 31.9 Å². The number of halogens is 6. The summed E-state index contributed by atoms with van der Waals surface area (Å²) in [5, 5.41) is 8.91. The molecule has 228 valence electrons. The molecule has 0 bridgehead atoms. The molecule has 1 fully saturated rings. The van der Waals surface area contributed by atoms with Crippen molar-refractivity contribution in [3.63, 3.8) is 0 Å². The monoisotopic (exact) mass is 597 g/mol. The van der Waals surface area contributed by atoms with Crippen LogP contribution in [0.3, 0.4) is 0 Å². The van der Waals surface area contributed by atoms with E-state index in [1.807, 2.05) is 0 Å². The van der Waals surface area contributed by atoms with Gasteiger partial charge in [-0.3, -0.25) is 0 Å². The average Bonchev–Trinajstić information content (AvgIpc) is 2.99. The molecule has 1 unspecified atom stereocenters. The molecule has 2 aliphatic carbocycles. The lowest BCUT2D eigenvalue weighted by Crippen LogP contribution is -2.21. The highest BCUT2D eigenvalue weighted by atomic mass is 19.2. The number of rotatable bonds is 9. The second-order valence-electron chi connectivity index (χ2n) is 12.4. The van der Waals surface area contributed by atoms with E-state index in [-0.39, 0.29) is 23.3 Å². The highest BCUT2D eigenvalue weighted by Gasteiger charge is 2.32. The van der Waals surface area contributed by atoms with Crippen molar-refractivity contribution in [2.75, 3.05) is 0 Å². The molecule has 1 nitrogen and oxygen atoms in total. The number of aryl methyl sites for hydroxylation is 2. The molecule has 43 heavy (non-hydrogen) atoms. The summed E-state index contributed by atoms with van der Waals surface area (Å²) < 4.78 is 88.8. The largest absolute Gasteiger partial charge is 0.207 e. The van der Waals surface area contributed by atoms with Crippen molar-refractivity contribution in [1.29, 1.82) is 5.26 Å². The molecule has 0 aliphatic heterocycles. The van der Waals surface area contributed by atoms with Crippen LogP contribution < -0.4 is 0 Å². The van der Waals surface area contributed by atoms with Crippen LogP contribution in [0.25, 0.3) is 0 Å². The number of unbranched alkanes of at least 4 members (excludes halogenated alkanes) is 2. The summed E-state index contributed by atoms with van der Waals surface area (Å²) in [7, 11) is 0. The van der Waals surface area contributed by atoms with Crippen LogP contribution in [0.2, 0.25) is 0 Å². The molecular formula is C36H37F6N. The Hall–Kier alpha value is -3.27. The molecule has 0 heterocycles. The minimum Gasteiger partial charge on any atom is -0.207 e. The molecule has 1 atom stereocenters. The SMILES string of the molecule is CCCCCc1ccc(CCC2CCc3c(cc(F)c(C4CCC(c5cc(F)c(C#N)c(F)c5)CC4)c3F)C2)c(F)c1F. The van der Waals surface area contributed by atoms with E-state index in [0.717, 1.165) is 19.3 Å². The molecule has 0 radical (unpaired) electrons. The Morgan fingerprint density at radius 3 is 2.00 bits per heavy atom. The standard InChI is InChI=1S/C36H37F6N/c1-2-3-4-5-24-13-14-25(35(41)34(24)40)8-6-21-7-15-28-27(16-21)19-32(39)33(36(28)42)23-11-9-22(10-12-23)26-17-30(37)29(20-43)31(38)18-26/h13-14,17-19,21-23H,2-12,15-16H2,1H3. The zero-order valence-electron chi connectivity index (χ0n) is 24.5. The molecule has 2 aliphatic rings. The highest BCUT2D eigenvalue weighted by molar-refractivity contribution is 5.40. The fraction of sp³-hybridized carbons (Fsp3) is 0.472. The minimum atomic E-state index is -0.891. The van der Waals surface area contributed by atoms with Gasteiger partial charge in [0.15, 0.2) is 11.6 Å². The van der Waals surface area contributed by atoms with Gasteiger partial charge in [0.05, 0.1) is 0 Å². The maximum absolute atomic E-state index is 15.8. The van der Waals surface area contributed by atoms with Crippen molar-refractivity contribution in [3.8, 4) is 6.07 Å². The fourth-order valence-corrected chi connectivity index (χ4v) is 7.15. The summed E-state index contributed by atoms with van der Waals surface area (Å²) in [5.41, 5.74) is 1.90. The molecule has 0 aromatic heterocycles. The number of nitrogens with zero attached hydrogens (tertiary/aromatic N) is 1. The smallest absolute Gasteiger partial charge is 0.162 e. The lowest BCUT2D eigenvalue weighted by Gasteiger charge is -2.32. The van der Waals surface area contributed by atoms with Crippen molar-refractivity contribution in [2.45, 2.75) is 102 Å². The van der Waals surface area contributed by atoms with Crippen LogP contribution in [0.15, 0.2) is 30.3 Å². The molecule has 0 saturated heterocycles. The quantitative estimate of drug-likeness (QED) is 0.178. The van der Waals surface area contributed by atoms with Gasteiger partial charge in [0.25, 0.3) is 0 Å². The van der Waals surface area contributed by atoms with Gasteiger partial charge in [0.1, 0.15) is 34.9 Å². The van der Waals surface area contributed by atoms with Crippen molar-refractivity contribution in [1.82, 2.24) is 0 Å². The van der Waals surface area contributed by atoms with Crippen LogP contribution in [-0.4, -0.2) is 0 Å². The van der Waals surface area contributed by atoms with Gasteiger partial charge in [0.2, 0.25) is 0 Å². The van der Waals surface area contributed by atoms with Gasteiger partial charge < -0.3 is 0 Å². The first-order valence-electron chi connectivity index (χ1n) is 15.6. The average molecular weight is 598 g/mol. The van der Waals surface area contributed by atoms with Crippen LogP contribution in [0.4, 0.5) is 26.3 Å². The Balaban J connectivity index is 1.22. The topological polar surface area (TPSA) is 23.8 Å². The van der Waals surface area contributed by atoms with E-state index >= 15 is 8.78 Å². The van der Waals surface area contributed by atoms with Crippen LogP contribution in [-0.2, 0) is 25.7 Å². The predicted molar refractivity (Wildman–Crippen MR) is 155 cm³/mol. The number of nitriles is 1. The molecule has 5 rings (SSSR count). The van der Waals surface area contributed by atoms with Crippen molar-refractivity contribution in [2.24, 2.45) is 5.92 Å². The second kappa shape index (κ2) is 13.6. The van der Waals surface area contributed by atoms with E-state index in [2.05, 4.69) is 6.92 Å². The van der Waals surface area contributed by atoms with Crippen LogP contribution in [0.1, 0.15) is 115 Å². The minimum absolute atomic E-state index is 0.101. The van der Waals surface area contributed by atoms with E-state index < -0.39 is 40.5 Å². The number of hydrogen-bond donors (Lipinski definition) is 0. The first-order chi connectivity index (χ1) is 20.7. The Bertz CT molecular complexity index is 1490. The van der Waals surface area contributed by atoms with Crippen molar-refractivity contribution >= 4 is 0 Å². The van der Waals surface area contributed by atoms with Gasteiger partial charge >= 0.3 is 0 Å². The van der Waals surface area contributed by atoms with Gasteiger partial charge in [-0.15, -0.1) is 0 Å². The first kappa shape index (κ1) is 31.2. The Kier molecular flexibility index (Phi) is 9.84.